The summed E-state index contributed by atoms with van der Waals surface area (Å²) < 4.78 is 22.8. The van der Waals surface area contributed by atoms with Crippen LogP contribution in [-0.4, -0.2) is 68.3 Å². The van der Waals surface area contributed by atoms with E-state index in [-0.39, 0.29) is 23.7 Å². The Hall–Kier alpha value is -3.81. The van der Waals surface area contributed by atoms with Crippen molar-refractivity contribution in [1.29, 1.82) is 0 Å². The fourth-order valence-electron chi connectivity index (χ4n) is 3.26. The number of rotatable bonds is 6. The predicted molar refractivity (Wildman–Crippen MR) is 104 cm³/mol. The number of carbonyl (C=O) groups is 4. The average molecular weight is 451 g/mol. The van der Waals surface area contributed by atoms with E-state index in [2.05, 4.69) is 20.3 Å². The van der Waals surface area contributed by atoms with E-state index >= 15 is 0 Å². The smallest absolute Gasteiger partial charge is 0.303 e. The lowest BCUT2D eigenvalue weighted by Gasteiger charge is -2.23. The number of esters is 3. The summed E-state index contributed by atoms with van der Waals surface area (Å²) in [6.07, 6.45) is -3.22. The van der Waals surface area contributed by atoms with E-state index in [0.29, 0.717) is 0 Å². The minimum absolute atomic E-state index is 0.00867. The zero-order valence-electron chi connectivity index (χ0n) is 17.6. The van der Waals surface area contributed by atoms with Crippen LogP contribution in [0.4, 0.5) is 5.95 Å². The molecule has 2 aromatic heterocycles. The zero-order valence-corrected chi connectivity index (χ0v) is 17.6. The van der Waals surface area contributed by atoms with Crippen molar-refractivity contribution in [3.63, 3.8) is 0 Å². The van der Waals surface area contributed by atoms with E-state index in [9.17, 15) is 24.0 Å². The summed E-state index contributed by atoms with van der Waals surface area (Å²) in [6, 6.07) is 0. The molecular weight excluding hydrogens is 430 g/mol. The first kappa shape index (κ1) is 22.9. The lowest BCUT2D eigenvalue weighted by atomic mass is 10.1. The molecule has 0 aromatic carbocycles. The van der Waals surface area contributed by atoms with E-state index in [4.69, 9.17) is 18.9 Å². The van der Waals surface area contributed by atoms with Gasteiger partial charge in [0.25, 0.3) is 5.56 Å². The van der Waals surface area contributed by atoms with Gasteiger partial charge in [0.2, 0.25) is 11.9 Å². The topological polar surface area (TPSA) is 181 Å². The SMILES string of the molecule is CC(=O)Nc1nc2c(ncn2[C@@H]2O[C@H](COC(C)=O)[C@@H](OC(C)=O)[C@@H]2OC(C)=O)c(=O)[nH]1. The van der Waals surface area contributed by atoms with Crippen molar-refractivity contribution in [2.75, 3.05) is 11.9 Å². The first-order chi connectivity index (χ1) is 15.1. The van der Waals surface area contributed by atoms with Crippen LogP contribution >= 0.6 is 0 Å². The largest absolute Gasteiger partial charge is 0.463 e. The van der Waals surface area contributed by atoms with Crippen LogP contribution in [0.3, 0.4) is 0 Å². The summed E-state index contributed by atoms with van der Waals surface area (Å²) in [4.78, 5) is 69.0. The molecular formula is C18H21N5O9. The third kappa shape index (κ3) is 4.91. The number of amides is 1. The van der Waals surface area contributed by atoms with Gasteiger partial charge < -0.3 is 18.9 Å². The molecule has 4 atom stereocenters. The maximum absolute atomic E-state index is 12.3. The summed E-state index contributed by atoms with van der Waals surface area (Å²) in [5.41, 5.74) is -0.696. The average Bonchev–Trinajstić information content (AvgIpc) is 3.21. The van der Waals surface area contributed by atoms with Gasteiger partial charge in [-0.3, -0.25) is 38.8 Å². The number of fused-ring (bicyclic) bond motifs is 1. The second-order valence-corrected chi connectivity index (χ2v) is 6.94. The first-order valence-electron chi connectivity index (χ1n) is 9.44. The number of hydrogen-bond acceptors (Lipinski definition) is 11. The third-order valence-electron chi connectivity index (χ3n) is 4.34. The Kier molecular flexibility index (Phi) is 6.53. The molecule has 1 aliphatic heterocycles. The standard InChI is InChI=1S/C18H21N5O9/c1-7(24)20-18-21-15-12(16(28)22-18)19-6-23(15)17-14(31-10(4)27)13(30-9(3)26)11(32-17)5-29-8(2)25/h6,11,13-14,17H,5H2,1-4H3,(H2,20,21,22,24,28)/t11-,13-,14+,17-/m1/s1. The summed E-state index contributed by atoms with van der Waals surface area (Å²) in [7, 11) is 0. The number of H-pyrrole nitrogens is 1. The van der Waals surface area contributed by atoms with E-state index in [1.54, 1.807) is 0 Å². The number of aromatic amines is 1. The highest BCUT2D eigenvalue weighted by atomic mass is 16.7. The molecule has 3 heterocycles. The van der Waals surface area contributed by atoms with E-state index in [1.807, 2.05) is 0 Å². The molecule has 0 spiro atoms. The van der Waals surface area contributed by atoms with Gasteiger partial charge in [0.05, 0.1) is 6.33 Å². The van der Waals surface area contributed by atoms with Crippen LogP contribution in [0.5, 0.6) is 0 Å². The highest BCUT2D eigenvalue weighted by molar-refractivity contribution is 5.87. The van der Waals surface area contributed by atoms with Gasteiger partial charge in [-0.2, -0.15) is 4.98 Å². The Balaban J connectivity index is 2.07. The number of aromatic nitrogens is 4. The number of nitrogens with one attached hydrogen (secondary N) is 2. The van der Waals surface area contributed by atoms with Crippen LogP contribution in [0.2, 0.25) is 0 Å². The van der Waals surface area contributed by atoms with Crippen LogP contribution in [0, 0.1) is 0 Å². The molecule has 32 heavy (non-hydrogen) atoms. The van der Waals surface area contributed by atoms with Crippen molar-refractivity contribution in [2.45, 2.75) is 52.2 Å². The molecule has 1 fully saturated rings. The maximum atomic E-state index is 12.3. The Morgan fingerprint density at radius 2 is 1.75 bits per heavy atom. The highest BCUT2D eigenvalue weighted by Crippen LogP contribution is 2.35. The van der Waals surface area contributed by atoms with Crippen LogP contribution in [0.25, 0.3) is 11.2 Å². The minimum Gasteiger partial charge on any atom is -0.463 e. The Bertz CT molecular complexity index is 1120. The van der Waals surface area contributed by atoms with Crippen molar-refractivity contribution in [1.82, 2.24) is 19.5 Å². The molecule has 1 amide bonds. The molecule has 14 nitrogen and oxygen atoms in total. The Morgan fingerprint density at radius 1 is 1.09 bits per heavy atom. The van der Waals surface area contributed by atoms with Gasteiger partial charge in [0, 0.05) is 27.7 Å². The third-order valence-corrected chi connectivity index (χ3v) is 4.34. The molecule has 1 aliphatic rings. The first-order valence-corrected chi connectivity index (χ1v) is 9.44. The van der Waals surface area contributed by atoms with Gasteiger partial charge in [0.1, 0.15) is 12.7 Å². The Labute approximate surface area is 180 Å². The Morgan fingerprint density at radius 3 is 2.34 bits per heavy atom. The number of ether oxygens (including phenoxy) is 4. The van der Waals surface area contributed by atoms with Crippen molar-refractivity contribution >= 4 is 40.9 Å². The number of nitrogens with zero attached hydrogens (tertiary/aromatic N) is 3. The van der Waals surface area contributed by atoms with Crippen LogP contribution in [0.1, 0.15) is 33.9 Å². The molecule has 0 bridgehead atoms. The monoisotopic (exact) mass is 451 g/mol. The molecule has 172 valence electrons. The second kappa shape index (κ2) is 9.13. The summed E-state index contributed by atoms with van der Waals surface area (Å²) in [5, 5.41) is 2.37. The second-order valence-electron chi connectivity index (χ2n) is 6.94. The molecule has 1 saturated heterocycles. The van der Waals surface area contributed by atoms with Gasteiger partial charge in [-0.05, 0) is 0 Å². The van der Waals surface area contributed by atoms with Gasteiger partial charge in [-0.1, -0.05) is 0 Å². The van der Waals surface area contributed by atoms with E-state index < -0.39 is 53.9 Å². The van der Waals surface area contributed by atoms with Crippen molar-refractivity contribution < 1.29 is 38.1 Å². The molecule has 2 aromatic rings. The highest BCUT2D eigenvalue weighted by Gasteiger charge is 2.51. The van der Waals surface area contributed by atoms with Gasteiger partial charge in [0.15, 0.2) is 29.6 Å². The summed E-state index contributed by atoms with van der Waals surface area (Å²) in [6.45, 7) is 4.46. The van der Waals surface area contributed by atoms with Crippen molar-refractivity contribution in [2.24, 2.45) is 0 Å². The maximum Gasteiger partial charge on any atom is 0.303 e. The molecule has 2 N–H and O–H groups in total. The molecule has 3 rings (SSSR count). The molecule has 0 saturated carbocycles. The van der Waals surface area contributed by atoms with E-state index in [0.717, 1.165) is 13.8 Å². The van der Waals surface area contributed by atoms with Crippen molar-refractivity contribution in [3.05, 3.63) is 16.7 Å². The van der Waals surface area contributed by atoms with Gasteiger partial charge in [-0.25, -0.2) is 4.98 Å². The summed E-state index contributed by atoms with van der Waals surface area (Å²) >= 11 is 0. The van der Waals surface area contributed by atoms with Gasteiger partial charge >= 0.3 is 17.9 Å². The molecule has 0 unspecified atom stereocenters. The van der Waals surface area contributed by atoms with Crippen LogP contribution in [-0.2, 0) is 38.1 Å². The normalized spacial score (nSPS) is 22.4. The number of hydrogen-bond donors (Lipinski definition) is 2. The number of anilines is 1. The predicted octanol–water partition coefficient (Wildman–Crippen LogP) is -0.598. The van der Waals surface area contributed by atoms with E-state index in [1.165, 1.54) is 24.7 Å². The fraction of sp³-hybridized carbons (Fsp3) is 0.500. The quantitative estimate of drug-likeness (QED) is 0.423. The number of carbonyl (C=O) groups excluding carboxylic acids is 4. The zero-order chi connectivity index (χ0) is 23.6. The lowest BCUT2D eigenvalue weighted by Crippen LogP contribution is -2.40. The summed E-state index contributed by atoms with van der Waals surface area (Å²) in [5.74, 6) is -2.56. The van der Waals surface area contributed by atoms with Crippen LogP contribution in [0.15, 0.2) is 11.1 Å². The van der Waals surface area contributed by atoms with Crippen LogP contribution < -0.4 is 10.9 Å². The molecule has 14 heteroatoms. The lowest BCUT2D eigenvalue weighted by molar-refractivity contribution is -0.166. The van der Waals surface area contributed by atoms with Gasteiger partial charge in [-0.15, -0.1) is 0 Å². The molecule has 0 radical (unpaired) electrons. The fourth-order valence-corrected chi connectivity index (χ4v) is 3.26. The molecule has 0 aliphatic carbocycles. The number of imidazole rings is 1. The minimum atomic E-state index is -1.18. The van der Waals surface area contributed by atoms with Crippen molar-refractivity contribution in [3.8, 4) is 0 Å².